The lowest BCUT2D eigenvalue weighted by molar-refractivity contribution is 0.0740. The van der Waals surface area contributed by atoms with Crippen LogP contribution in [-0.4, -0.2) is 51.8 Å². The molecule has 1 unspecified atom stereocenters. The van der Waals surface area contributed by atoms with Crippen molar-refractivity contribution in [3.05, 3.63) is 12.3 Å². The first-order chi connectivity index (χ1) is 9.19. The molecule has 7 heteroatoms. The van der Waals surface area contributed by atoms with Gasteiger partial charge in [-0.05, 0) is 25.8 Å². The first-order valence-electron chi connectivity index (χ1n) is 6.40. The van der Waals surface area contributed by atoms with E-state index in [0.29, 0.717) is 18.9 Å². The maximum Gasteiger partial charge on any atom is 0.407 e. The third-order valence-corrected chi connectivity index (χ3v) is 2.91. The second kappa shape index (κ2) is 6.21. The minimum atomic E-state index is -0.907. The van der Waals surface area contributed by atoms with Crippen LogP contribution in [0.4, 0.5) is 10.6 Å². The lowest BCUT2D eigenvalue weighted by Crippen LogP contribution is -2.43. The molecule has 19 heavy (non-hydrogen) atoms. The van der Waals surface area contributed by atoms with Crippen LogP contribution < -0.4 is 10.1 Å². The summed E-state index contributed by atoms with van der Waals surface area (Å²) in [5, 5.41) is 12.0. The van der Waals surface area contributed by atoms with Crippen LogP contribution in [0.1, 0.15) is 19.8 Å². The number of ether oxygens (including phenoxy) is 1. The van der Waals surface area contributed by atoms with E-state index in [1.165, 1.54) is 4.90 Å². The Morgan fingerprint density at radius 1 is 1.68 bits per heavy atom. The normalized spacial score (nSPS) is 19.0. The molecule has 1 aromatic heterocycles. The number of carbonyl (C=O) groups is 1. The molecule has 7 nitrogen and oxygen atoms in total. The number of nitrogens with one attached hydrogen (secondary N) is 1. The molecule has 0 bridgehead atoms. The van der Waals surface area contributed by atoms with Gasteiger partial charge in [0.25, 0.3) is 0 Å². The predicted molar refractivity (Wildman–Crippen MR) is 69.4 cm³/mol. The number of amides is 1. The number of rotatable bonds is 4. The van der Waals surface area contributed by atoms with Gasteiger partial charge in [0.2, 0.25) is 0 Å². The SMILES string of the molecule is CCNc1ccnc(OC2CCCN(C(=O)O)C2)n1. The summed E-state index contributed by atoms with van der Waals surface area (Å²) in [5.41, 5.74) is 0. The Balaban J connectivity index is 1.96. The van der Waals surface area contributed by atoms with Gasteiger partial charge in [-0.1, -0.05) is 0 Å². The average Bonchev–Trinajstić information content (AvgIpc) is 2.40. The molecule has 0 saturated carbocycles. The number of hydrogen-bond donors (Lipinski definition) is 2. The van der Waals surface area contributed by atoms with Gasteiger partial charge in [0.1, 0.15) is 11.9 Å². The van der Waals surface area contributed by atoms with Crippen LogP contribution >= 0.6 is 0 Å². The van der Waals surface area contributed by atoms with Gasteiger partial charge in [-0.25, -0.2) is 9.78 Å². The lowest BCUT2D eigenvalue weighted by Gasteiger charge is -2.30. The molecule has 0 aromatic carbocycles. The summed E-state index contributed by atoms with van der Waals surface area (Å²) in [6.45, 7) is 3.68. The van der Waals surface area contributed by atoms with Crippen LogP contribution in [0.25, 0.3) is 0 Å². The van der Waals surface area contributed by atoms with E-state index in [1.54, 1.807) is 12.3 Å². The fourth-order valence-corrected chi connectivity index (χ4v) is 2.03. The van der Waals surface area contributed by atoms with E-state index in [4.69, 9.17) is 9.84 Å². The Kier molecular flexibility index (Phi) is 4.38. The number of carboxylic acid groups (broad SMARTS) is 1. The summed E-state index contributed by atoms with van der Waals surface area (Å²) in [7, 11) is 0. The Labute approximate surface area is 111 Å². The summed E-state index contributed by atoms with van der Waals surface area (Å²) in [6.07, 6.45) is 2.15. The van der Waals surface area contributed by atoms with Crippen molar-refractivity contribution < 1.29 is 14.6 Å². The molecule has 2 rings (SSSR count). The zero-order valence-electron chi connectivity index (χ0n) is 10.9. The number of aromatic nitrogens is 2. The third-order valence-electron chi connectivity index (χ3n) is 2.91. The van der Waals surface area contributed by atoms with Crippen molar-refractivity contribution in [2.45, 2.75) is 25.9 Å². The first-order valence-corrected chi connectivity index (χ1v) is 6.40. The number of nitrogens with zero attached hydrogens (tertiary/aromatic N) is 3. The van der Waals surface area contributed by atoms with Gasteiger partial charge >= 0.3 is 12.1 Å². The maximum atomic E-state index is 10.9. The maximum absolute atomic E-state index is 10.9. The van der Waals surface area contributed by atoms with E-state index < -0.39 is 6.09 Å². The monoisotopic (exact) mass is 266 g/mol. The van der Waals surface area contributed by atoms with Gasteiger partial charge in [-0.15, -0.1) is 0 Å². The second-order valence-electron chi connectivity index (χ2n) is 4.37. The molecule has 1 amide bonds. The minimum absolute atomic E-state index is 0.179. The van der Waals surface area contributed by atoms with E-state index in [-0.39, 0.29) is 12.1 Å². The number of anilines is 1. The molecule has 0 radical (unpaired) electrons. The molecule has 1 saturated heterocycles. The van der Waals surface area contributed by atoms with E-state index in [9.17, 15) is 4.79 Å². The highest BCUT2D eigenvalue weighted by Crippen LogP contribution is 2.16. The van der Waals surface area contributed by atoms with Gasteiger partial charge in [0, 0.05) is 19.3 Å². The highest BCUT2D eigenvalue weighted by Gasteiger charge is 2.25. The molecule has 1 aromatic rings. The number of piperidine rings is 1. The smallest absolute Gasteiger partial charge is 0.407 e. The molecule has 2 N–H and O–H groups in total. The van der Waals surface area contributed by atoms with Crippen molar-refractivity contribution in [2.24, 2.45) is 0 Å². The number of likely N-dealkylation sites (tertiary alicyclic amines) is 1. The summed E-state index contributed by atoms with van der Waals surface area (Å²) < 4.78 is 5.66. The lowest BCUT2D eigenvalue weighted by atomic mass is 10.1. The van der Waals surface area contributed by atoms with E-state index in [1.807, 2.05) is 6.92 Å². The molecule has 2 heterocycles. The summed E-state index contributed by atoms with van der Waals surface area (Å²) in [5.74, 6) is 0.707. The molecule has 1 atom stereocenters. The van der Waals surface area contributed by atoms with Crippen LogP contribution in [0.5, 0.6) is 6.01 Å². The molecule has 0 aliphatic carbocycles. The fourth-order valence-electron chi connectivity index (χ4n) is 2.03. The Morgan fingerprint density at radius 2 is 2.53 bits per heavy atom. The molecule has 1 fully saturated rings. The van der Waals surface area contributed by atoms with Crippen LogP contribution in [0.2, 0.25) is 0 Å². The summed E-state index contributed by atoms with van der Waals surface area (Å²) in [4.78, 5) is 20.5. The van der Waals surface area contributed by atoms with Gasteiger partial charge in [0.05, 0.1) is 6.54 Å². The predicted octanol–water partition coefficient (Wildman–Crippen LogP) is 1.43. The van der Waals surface area contributed by atoms with Crippen molar-refractivity contribution >= 4 is 11.9 Å². The third kappa shape index (κ3) is 3.70. The molecular formula is C12H18N4O3. The van der Waals surface area contributed by atoms with Crippen molar-refractivity contribution in [2.75, 3.05) is 25.0 Å². The Hall–Kier alpha value is -2.05. The standard InChI is InChI=1S/C12H18N4O3/c1-2-13-10-5-6-14-11(15-10)19-9-4-3-7-16(8-9)12(17)18/h5-6,9H,2-4,7-8H2,1H3,(H,17,18)(H,13,14,15). The van der Waals surface area contributed by atoms with E-state index >= 15 is 0 Å². The van der Waals surface area contributed by atoms with Crippen molar-refractivity contribution in [1.82, 2.24) is 14.9 Å². The van der Waals surface area contributed by atoms with E-state index in [0.717, 1.165) is 19.4 Å². The first kappa shape index (κ1) is 13.4. The molecule has 1 aliphatic heterocycles. The van der Waals surface area contributed by atoms with Gasteiger partial charge in [-0.2, -0.15) is 4.98 Å². The van der Waals surface area contributed by atoms with Crippen molar-refractivity contribution in [1.29, 1.82) is 0 Å². The van der Waals surface area contributed by atoms with Gasteiger partial charge in [0.15, 0.2) is 0 Å². The quantitative estimate of drug-likeness (QED) is 0.857. The molecule has 104 valence electrons. The fraction of sp³-hybridized carbons (Fsp3) is 0.583. The van der Waals surface area contributed by atoms with Crippen LogP contribution in [-0.2, 0) is 0 Å². The van der Waals surface area contributed by atoms with Crippen LogP contribution in [0.3, 0.4) is 0 Å². The molecular weight excluding hydrogens is 248 g/mol. The summed E-state index contributed by atoms with van der Waals surface area (Å²) in [6, 6.07) is 2.05. The minimum Gasteiger partial charge on any atom is -0.465 e. The largest absolute Gasteiger partial charge is 0.465 e. The van der Waals surface area contributed by atoms with E-state index in [2.05, 4.69) is 15.3 Å². The zero-order chi connectivity index (χ0) is 13.7. The molecule has 1 aliphatic rings. The molecule has 0 spiro atoms. The van der Waals surface area contributed by atoms with Crippen LogP contribution in [0, 0.1) is 0 Å². The van der Waals surface area contributed by atoms with Gasteiger partial charge < -0.3 is 20.1 Å². The van der Waals surface area contributed by atoms with Crippen LogP contribution in [0.15, 0.2) is 12.3 Å². The highest BCUT2D eigenvalue weighted by atomic mass is 16.5. The van der Waals surface area contributed by atoms with Gasteiger partial charge in [-0.3, -0.25) is 0 Å². The van der Waals surface area contributed by atoms with Crippen molar-refractivity contribution in [3.63, 3.8) is 0 Å². The Morgan fingerprint density at radius 3 is 3.26 bits per heavy atom. The Bertz CT molecular complexity index is 441. The summed E-state index contributed by atoms with van der Waals surface area (Å²) >= 11 is 0. The highest BCUT2D eigenvalue weighted by molar-refractivity contribution is 5.65. The second-order valence-corrected chi connectivity index (χ2v) is 4.37. The zero-order valence-corrected chi connectivity index (χ0v) is 10.9. The average molecular weight is 266 g/mol. The number of hydrogen-bond acceptors (Lipinski definition) is 5. The van der Waals surface area contributed by atoms with Crippen molar-refractivity contribution in [3.8, 4) is 6.01 Å². The topological polar surface area (TPSA) is 87.6 Å².